The van der Waals surface area contributed by atoms with Crippen molar-refractivity contribution in [1.82, 2.24) is 0 Å². The van der Waals surface area contributed by atoms with Gasteiger partial charge in [-0.25, -0.2) is 0 Å². The average molecular weight is 256 g/mol. The first-order chi connectivity index (χ1) is 9.85. The number of fused-ring (bicyclic) bond motifs is 4. The molecule has 0 spiro atoms. The van der Waals surface area contributed by atoms with Crippen molar-refractivity contribution in [3.63, 3.8) is 0 Å². The van der Waals surface area contributed by atoms with E-state index < -0.39 is 0 Å². The zero-order valence-electron chi connectivity index (χ0n) is 11.6. The molecule has 4 rings (SSSR count). The Balaban J connectivity index is 2.18. The Morgan fingerprint density at radius 1 is 0.600 bits per heavy atom. The molecule has 0 radical (unpaired) electrons. The molecule has 0 amide bonds. The minimum atomic E-state index is 1.08. The van der Waals surface area contributed by atoms with E-state index in [0.717, 1.165) is 6.42 Å². The van der Waals surface area contributed by atoms with Crippen LogP contribution in [0.4, 0.5) is 0 Å². The van der Waals surface area contributed by atoms with E-state index in [9.17, 15) is 0 Å². The van der Waals surface area contributed by atoms with Crippen LogP contribution in [0, 0.1) is 0 Å². The van der Waals surface area contributed by atoms with E-state index in [4.69, 9.17) is 0 Å². The van der Waals surface area contributed by atoms with Gasteiger partial charge in [0.25, 0.3) is 0 Å². The first-order valence-electron chi connectivity index (χ1n) is 7.19. The Morgan fingerprint density at radius 3 is 2.05 bits per heavy atom. The van der Waals surface area contributed by atoms with Crippen molar-refractivity contribution in [3.8, 4) is 0 Å². The van der Waals surface area contributed by atoms with Gasteiger partial charge in [0, 0.05) is 0 Å². The van der Waals surface area contributed by atoms with E-state index >= 15 is 0 Å². The maximum atomic E-state index is 2.34. The van der Waals surface area contributed by atoms with Crippen molar-refractivity contribution in [2.75, 3.05) is 0 Å². The lowest BCUT2D eigenvalue weighted by molar-refractivity contribution is 1.15. The lowest BCUT2D eigenvalue weighted by Gasteiger charge is -2.08. The van der Waals surface area contributed by atoms with Crippen molar-refractivity contribution >= 4 is 32.3 Å². The summed E-state index contributed by atoms with van der Waals surface area (Å²) in [5.74, 6) is 0. The highest BCUT2D eigenvalue weighted by atomic mass is 14.1. The molecule has 4 aromatic carbocycles. The molecule has 20 heavy (non-hydrogen) atoms. The molecular formula is C20H16. The molecule has 0 nitrogen and oxygen atoms in total. The van der Waals surface area contributed by atoms with Crippen LogP contribution in [0.3, 0.4) is 0 Å². The lowest BCUT2D eigenvalue weighted by Crippen LogP contribution is -1.83. The Labute approximate surface area is 118 Å². The summed E-state index contributed by atoms with van der Waals surface area (Å²) in [4.78, 5) is 0. The zero-order valence-corrected chi connectivity index (χ0v) is 11.6. The second-order valence-electron chi connectivity index (χ2n) is 5.40. The van der Waals surface area contributed by atoms with Gasteiger partial charge in [-0.3, -0.25) is 0 Å². The highest BCUT2D eigenvalue weighted by Crippen LogP contribution is 2.30. The second-order valence-corrected chi connectivity index (χ2v) is 5.40. The monoisotopic (exact) mass is 256 g/mol. The van der Waals surface area contributed by atoms with Gasteiger partial charge >= 0.3 is 0 Å². The van der Waals surface area contributed by atoms with Crippen molar-refractivity contribution < 1.29 is 0 Å². The molecule has 4 aromatic rings. The molecule has 96 valence electrons. The molecule has 0 saturated carbocycles. The molecular weight excluding hydrogens is 240 g/mol. The fourth-order valence-electron chi connectivity index (χ4n) is 3.01. The maximum Gasteiger partial charge on any atom is -0.00989 e. The Morgan fingerprint density at radius 2 is 1.25 bits per heavy atom. The minimum absolute atomic E-state index is 1.08. The lowest BCUT2D eigenvalue weighted by atomic mass is 9.97. The number of aryl methyl sites for hydroxylation is 1. The third-order valence-electron chi connectivity index (χ3n) is 4.18. The van der Waals surface area contributed by atoms with Crippen LogP contribution in [0.15, 0.2) is 66.7 Å². The van der Waals surface area contributed by atoms with Crippen LogP contribution in [0.25, 0.3) is 32.3 Å². The van der Waals surface area contributed by atoms with Crippen molar-refractivity contribution in [2.24, 2.45) is 0 Å². The van der Waals surface area contributed by atoms with Crippen molar-refractivity contribution in [2.45, 2.75) is 13.3 Å². The number of rotatable bonds is 1. The fourth-order valence-corrected chi connectivity index (χ4v) is 3.01. The van der Waals surface area contributed by atoms with Gasteiger partial charge in [0.2, 0.25) is 0 Å². The molecule has 0 unspecified atom stereocenters. The largest absolute Gasteiger partial charge is 0.0616 e. The van der Waals surface area contributed by atoms with Crippen molar-refractivity contribution in [1.29, 1.82) is 0 Å². The second kappa shape index (κ2) is 4.35. The van der Waals surface area contributed by atoms with E-state index in [2.05, 4.69) is 73.7 Å². The third kappa shape index (κ3) is 1.69. The van der Waals surface area contributed by atoms with Gasteiger partial charge in [-0.2, -0.15) is 0 Å². The summed E-state index contributed by atoms with van der Waals surface area (Å²) < 4.78 is 0. The molecule has 0 saturated heterocycles. The summed E-state index contributed by atoms with van der Waals surface area (Å²) in [5, 5.41) is 8.00. The summed E-state index contributed by atoms with van der Waals surface area (Å²) in [5.41, 5.74) is 1.40. The average Bonchev–Trinajstić information content (AvgIpc) is 2.52. The summed E-state index contributed by atoms with van der Waals surface area (Å²) in [6.45, 7) is 2.21. The van der Waals surface area contributed by atoms with Gasteiger partial charge in [0.1, 0.15) is 0 Å². The summed E-state index contributed by atoms with van der Waals surface area (Å²) in [6, 6.07) is 24.5. The van der Waals surface area contributed by atoms with Gasteiger partial charge in [-0.15, -0.1) is 0 Å². The van der Waals surface area contributed by atoms with Gasteiger partial charge in [0.15, 0.2) is 0 Å². The Hall–Kier alpha value is -2.34. The van der Waals surface area contributed by atoms with E-state index in [1.165, 1.54) is 37.9 Å². The number of benzene rings is 4. The van der Waals surface area contributed by atoms with Crippen LogP contribution < -0.4 is 0 Å². The van der Waals surface area contributed by atoms with E-state index in [0.29, 0.717) is 0 Å². The maximum absolute atomic E-state index is 2.34. The van der Waals surface area contributed by atoms with Gasteiger partial charge in [0.05, 0.1) is 0 Å². The highest BCUT2D eigenvalue weighted by Gasteiger charge is 2.03. The third-order valence-corrected chi connectivity index (χ3v) is 4.18. The molecule has 0 heterocycles. The number of hydrogen-bond donors (Lipinski definition) is 0. The fraction of sp³-hybridized carbons (Fsp3) is 0.100. The first kappa shape index (κ1) is 11.5. The van der Waals surface area contributed by atoms with E-state index in [1.54, 1.807) is 0 Å². The topological polar surface area (TPSA) is 0 Å². The van der Waals surface area contributed by atoms with Crippen LogP contribution in [-0.4, -0.2) is 0 Å². The Kier molecular flexibility index (Phi) is 2.50. The van der Waals surface area contributed by atoms with E-state index in [-0.39, 0.29) is 0 Å². The van der Waals surface area contributed by atoms with Crippen LogP contribution >= 0.6 is 0 Å². The molecule has 0 atom stereocenters. The highest BCUT2D eigenvalue weighted by molar-refractivity contribution is 6.12. The Bertz CT molecular complexity index is 932. The van der Waals surface area contributed by atoms with Gasteiger partial charge in [-0.05, 0) is 56.4 Å². The molecule has 0 aromatic heterocycles. The quantitative estimate of drug-likeness (QED) is 0.302. The SMILES string of the molecule is CCc1ccc2ccc3cc4ccccc4cc3c2c1. The van der Waals surface area contributed by atoms with Crippen LogP contribution in [0.1, 0.15) is 12.5 Å². The summed E-state index contributed by atoms with van der Waals surface area (Å²) in [6.07, 6.45) is 1.08. The smallest absolute Gasteiger partial charge is 0.00989 e. The summed E-state index contributed by atoms with van der Waals surface area (Å²) in [7, 11) is 0. The summed E-state index contributed by atoms with van der Waals surface area (Å²) >= 11 is 0. The standard InChI is InChI=1S/C20H16/c1-2-14-7-8-15-9-10-18-12-16-5-3-4-6-17(16)13-20(18)19(15)11-14/h3-13H,2H2,1H3. The van der Waals surface area contributed by atoms with Crippen molar-refractivity contribution in [3.05, 3.63) is 72.3 Å². The molecule has 0 aliphatic rings. The van der Waals surface area contributed by atoms with Gasteiger partial charge < -0.3 is 0 Å². The van der Waals surface area contributed by atoms with Crippen LogP contribution in [-0.2, 0) is 6.42 Å². The minimum Gasteiger partial charge on any atom is -0.0616 e. The predicted molar refractivity (Wildman–Crippen MR) is 88.3 cm³/mol. The predicted octanol–water partition coefficient (Wildman–Crippen LogP) is 5.71. The molecule has 0 aliphatic carbocycles. The van der Waals surface area contributed by atoms with Crippen LogP contribution in [0.5, 0.6) is 0 Å². The van der Waals surface area contributed by atoms with Gasteiger partial charge in [-0.1, -0.05) is 61.5 Å². The van der Waals surface area contributed by atoms with Crippen LogP contribution in [0.2, 0.25) is 0 Å². The molecule has 0 bridgehead atoms. The molecule has 0 aliphatic heterocycles. The normalized spacial score (nSPS) is 11.4. The molecule has 0 fully saturated rings. The van der Waals surface area contributed by atoms with E-state index in [1.807, 2.05) is 0 Å². The molecule has 0 heteroatoms. The molecule has 0 N–H and O–H groups in total. The first-order valence-corrected chi connectivity index (χ1v) is 7.19. The zero-order chi connectivity index (χ0) is 13.5. The number of hydrogen-bond acceptors (Lipinski definition) is 0.